The van der Waals surface area contributed by atoms with Gasteiger partial charge in [-0.1, -0.05) is 50.4 Å². The Morgan fingerprint density at radius 1 is 1.26 bits per heavy atom. The van der Waals surface area contributed by atoms with E-state index in [2.05, 4.69) is 20.8 Å². The smallest absolute Gasteiger partial charge is 0.427 e. The molecule has 0 aliphatic heterocycles. The molecule has 1 aromatic heterocycles. The Balaban J connectivity index is 0.00000480. The van der Waals surface area contributed by atoms with E-state index in [1.54, 1.807) is 12.1 Å². The highest BCUT2D eigenvalue weighted by molar-refractivity contribution is 6.40. The Morgan fingerprint density at radius 3 is 2.55 bits per heavy atom. The summed E-state index contributed by atoms with van der Waals surface area (Å²) < 4.78 is 1.52. The molecule has 0 aliphatic rings. The molecule has 0 aliphatic carbocycles. The van der Waals surface area contributed by atoms with E-state index < -0.39 is 19.2 Å². The summed E-state index contributed by atoms with van der Waals surface area (Å²) in [5, 5.41) is 33.3. The molecule has 12 heteroatoms. The highest BCUT2D eigenvalue weighted by atomic mass is 35.5. The third-order valence-corrected chi connectivity index (χ3v) is 5.00. The highest BCUT2D eigenvalue weighted by Gasteiger charge is 2.28. The first-order chi connectivity index (χ1) is 14.3. The van der Waals surface area contributed by atoms with Gasteiger partial charge in [-0.2, -0.15) is 0 Å². The van der Waals surface area contributed by atoms with Crippen molar-refractivity contribution in [3.8, 4) is 0 Å². The van der Waals surface area contributed by atoms with Gasteiger partial charge < -0.3 is 21.1 Å². The van der Waals surface area contributed by atoms with Crippen molar-refractivity contribution in [1.82, 2.24) is 25.5 Å². The molecule has 5 N–H and O–H groups in total. The van der Waals surface area contributed by atoms with E-state index in [4.69, 9.17) is 27.4 Å². The van der Waals surface area contributed by atoms with Crippen LogP contribution in [0.4, 0.5) is 0 Å². The van der Waals surface area contributed by atoms with Crippen molar-refractivity contribution >= 4 is 37.0 Å². The number of aromatic nitrogens is 4. The van der Waals surface area contributed by atoms with Gasteiger partial charge in [-0.25, -0.2) is 4.68 Å². The Hall–Kier alpha value is -1.72. The van der Waals surface area contributed by atoms with Gasteiger partial charge in [0.25, 0.3) is 0 Å². The van der Waals surface area contributed by atoms with E-state index in [0.29, 0.717) is 49.4 Å². The molecule has 1 heterocycles. The zero-order chi connectivity index (χ0) is 22.1. The van der Waals surface area contributed by atoms with Crippen molar-refractivity contribution in [2.75, 3.05) is 0 Å². The maximum atomic E-state index is 13.0. The van der Waals surface area contributed by atoms with Crippen molar-refractivity contribution in [2.24, 2.45) is 11.7 Å². The number of hydrogen-bond donors (Lipinski definition) is 4. The van der Waals surface area contributed by atoms with Crippen LogP contribution in [0.25, 0.3) is 0 Å². The Kier molecular flexibility index (Phi) is 12.0. The molecule has 0 saturated heterocycles. The number of halogens is 2. The fourth-order valence-electron chi connectivity index (χ4n) is 3.16. The summed E-state index contributed by atoms with van der Waals surface area (Å²) in [6.45, 7) is 4.44. The van der Waals surface area contributed by atoms with Crippen molar-refractivity contribution < 1.29 is 14.8 Å². The van der Waals surface area contributed by atoms with E-state index in [1.807, 2.05) is 26.0 Å². The summed E-state index contributed by atoms with van der Waals surface area (Å²) in [5.74, 6) is 0.519. The van der Waals surface area contributed by atoms with Crippen molar-refractivity contribution in [1.29, 1.82) is 0 Å². The number of hydrogen-bond acceptors (Lipinski definition) is 7. The summed E-state index contributed by atoms with van der Waals surface area (Å²) in [6, 6.07) is 6.26. The molecular weight excluding hydrogens is 442 g/mol. The quantitative estimate of drug-likeness (QED) is 0.274. The van der Waals surface area contributed by atoms with Crippen molar-refractivity contribution in [3.63, 3.8) is 0 Å². The molecule has 0 radical (unpaired) electrons. The van der Waals surface area contributed by atoms with Crippen LogP contribution in [0.2, 0.25) is 11.3 Å². The third-order valence-electron chi connectivity index (χ3n) is 4.75. The van der Waals surface area contributed by atoms with Crippen molar-refractivity contribution in [2.45, 2.75) is 64.5 Å². The third kappa shape index (κ3) is 9.12. The minimum absolute atomic E-state index is 0. The lowest BCUT2D eigenvalue weighted by Crippen LogP contribution is -2.35. The van der Waals surface area contributed by atoms with Crippen LogP contribution in [0, 0.1) is 5.92 Å². The molecule has 2 unspecified atom stereocenters. The number of carbonyl (C=O) groups excluding carboxylic acids is 1. The molecule has 0 bridgehead atoms. The van der Waals surface area contributed by atoms with E-state index in [1.165, 1.54) is 4.68 Å². The number of rotatable bonds is 12. The second-order valence-corrected chi connectivity index (χ2v) is 8.28. The first kappa shape index (κ1) is 27.3. The molecule has 172 valence electrons. The molecular formula is C19H31BCl2N6O3. The van der Waals surface area contributed by atoms with Crippen LogP contribution in [-0.4, -0.2) is 43.3 Å². The van der Waals surface area contributed by atoms with E-state index >= 15 is 0 Å². The number of nitrogens with one attached hydrogen (secondary N) is 1. The second kappa shape index (κ2) is 13.6. The van der Waals surface area contributed by atoms with Gasteiger partial charge in [-0.3, -0.25) is 4.79 Å². The van der Waals surface area contributed by atoms with Crippen LogP contribution >= 0.6 is 24.0 Å². The Labute approximate surface area is 194 Å². The molecule has 1 aromatic carbocycles. The number of unbranched alkanes of at least 4 members (excludes halogenated alkanes) is 1. The first-order valence-corrected chi connectivity index (χ1v) is 10.6. The predicted octanol–water partition coefficient (Wildman–Crippen LogP) is 2.29. The van der Waals surface area contributed by atoms with Gasteiger partial charge in [0.2, 0.25) is 5.91 Å². The van der Waals surface area contributed by atoms with Crippen LogP contribution in [0.3, 0.4) is 0 Å². The SMILES string of the molecule is CC(C)CC(C(=O)NCc1ccc(Cl)cc1)n1nnnc1C(N)CCCCB(O)O.Cl. The molecule has 2 rings (SSSR count). The topological polar surface area (TPSA) is 139 Å². The van der Waals surface area contributed by atoms with Gasteiger partial charge in [0, 0.05) is 11.6 Å². The van der Waals surface area contributed by atoms with Gasteiger partial charge in [-0.05, 0) is 53.2 Å². The molecule has 2 atom stereocenters. The summed E-state index contributed by atoms with van der Waals surface area (Å²) in [5.41, 5.74) is 7.21. The molecule has 0 spiro atoms. The maximum Gasteiger partial charge on any atom is 0.451 e. The predicted molar refractivity (Wildman–Crippen MR) is 123 cm³/mol. The Morgan fingerprint density at radius 2 is 1.94 bits per heavy atom. The highest BCUT2D eigenvalue weighted by Crippen LogP contribution is 2.23. The maximum absolute atomic E-state index is 13.0. The zero-order valence-electron chi connectivity index (χ0n) is 17.8. The van der Waals surface area contributed by atoms with E-state index in [9.17, 15) is 4.79 Å². The van der Waals surface area contributed by atoms with Gasteiger partial charge in [0.05, 0.1) is 6.04 Å². The van der Waals surface area contributed by atoms with Gasteiger partial charge in [-0.15, -0.1) is 17.5 Å². The number of tetrazole rings is 1. The number of nitrogens with two attached hydrogens (primary N) is 1. The van der Waals surface area contributed by atoms with Crippen LogP contribution in [0.5, 0.6) is 0 Å². The molecule has 0 fully saturated rings. The molecule has 2 aromatic rings. The Bertz CT molecular complexity index is 791. The fraction of sp³-hybridized carbons (Fsp3) is 0.579. The number of carbonyl (C=O) groups is 1. The lowest BCUT2D eigenvalue weighted by atomic mass is 9.83. The van der Waals surface area contributed by atoms with Crippen LogP contribution in [0.15, 0.2) is 24.3 Å². The van der Waals surface area contributed by atoms with Gasteiger partial charge in [0.15, 0.2) is 5.82 Å². The molecule has 0 saturated carbocycles. The van der Waals surface area contributed by atoms with E-state index in [0.717, 1.165) is 5.56 Å². The number of benzene rings is 1. The largest absolute Gasteiger partial charge is 0.451 e. The minimum atomic E-state index is -1.31. The standard InChI is InChI=1S/C19H30BClN6O3.ClH/c1-13(2)11-17(19(28)23-12-14-6-8-15(21)9-7-14)27-18(24-25-26-27)16(22)5-3-4-10-20(29)30;/h6-9,13,16-17,29-30H,3-5,10-12,22H2,1-2H3,(H,23,28);1H. The van der Waals surface area contributed by atoms with Gasteiger partial charge >= 0.3 is 7.12 Å². The van der Waals surface area contributed by atoms with Crippen LogP contribution in [-0.2, 0) is 11.3 Å². The first-order valence-electron chi connectivity index (χ1n) is 10.2. The van der Waals surface area contributed by atoms with Crippen molar-refractivity contribution in [3.05, 3.63) is 40.7 Å². The lowest BCUT2D eigenvalue weighted by molar-refractivity contribution is -0.125. The van der Waals surface area contributed by atoms with E-state index in [-0.39, 0.29) is 24.2 Å². The zero-order valence-corrected chi connectivity index (χ0v) is 19.4. The van der Waals surface area contributed by atoms with Gasteiger partial charge in [0.1, 0.15) is 6.04 Å². The lowest BCUT2D eigenvalue weighted by Gasteiger charge is -2.21. The molecule has 1 amide bonds. The monoisotopic (exact) mass is 472 g/mol. The van der Waals surface area contributed by atoms with Crippen LogP contribution < -0.4 is 11.1 Å². The minimum Gasteiger partial charge on any atom is -0.427 e. The summed E-state index contributed by atoms with van der Waals surface area (Å²) >= 11 is 5.91. The summed E-state index contributed by atoms with van der Waals surface area (Å²) in [7, 11) is -1.31. The van der Waals surface area contributed by atoms with Crippen LogP contribution in [0.1, 0.15) is 63.0 Å². The summed E-state index contributed by atoms with van der Waals surface area (Å²) in [6.07, 6.45) is 2.76. The average molecular weight is 473 g/mol. The second-order valence-electron chi connectivity index (χ2n) is 7.84. The average Bonchev–Trinajstić information content (AvgIpc) is 3.18. The molecule has 9 nitrogen and oxygen atoms in total. The normalized spacial score (nSPS) is 12.9. The number of nitrogens with zero attached hydrogens (tertiary/aromatic N) is 4. The molecule has 31 heavy (non-hydrogen) atoms. The number of amides is 1. The summed E-state index contributed by atoms with van der Waals surface area (Å²) in [4.78, 5) is 13.0. The fourth-order valence-corrected chi connectivity index (χ4v) is 3.29.